The summed E-state index contributed by atoms with van der Waals surface area (Å²) in [6.45, 7) is 0. The second-order valence-corrected chi connectivity index (χ2v) is 5.49. The van der Waals surface area contributed by atoms with E-state index in [1.807, 2.05) is 42.5 Å². The molecule has 0 atom stereocenters. The number of fused-ring (bicyclic) bond motifs is 1. The molecule has 0 unspecified atom stereocenters. The topological polar surface area (TPSA) is 60.2 Å². The van der Waals surface area contributed by atoms with Gasteiger partial charge >= 0.3 is 0 Å². The number of halogens is 1. The minimum atomic E-state index is 0.593. The molecule has 0 fully saturated rings. The highest BCUT2D eigenvalue weighted by molar-refractivity contribution is 9.10. The van der Waals surface area contributed by atoms with Gasteiger partial charge in [-0.2, -0.15) is 0 Å². The fourth-order valence-corrected chi connectivity index (χ4v) is 2.57. The van der Waals surface area contributed by atoms with E-state index in [1.54, 1.807) is 13.3 Å². The Hall–Kier alpha value is -2.27. The molecule has 0 radical (unpaired) electrons. The van der Waals surface area contributed by atoms with E-state index in [2.05, 4.69) is 26.2 Å². The first kappa shape index (κ1) is 13.7. The maximum Gasteiger partial charge on any atom is 0.142 e. The van der Waals surface area contributed by atoms with E-state index in [0.717, 1.165) is 32.5 Å². The standard InChI is InChI=1S/C16H14BrN3O/c1-21-15-7-6-10(17)8-14(15)20-16-11-4-2-3-5-13(11)19-9-12(16)18/h2-9H,18H2,1H3,(H,19,20). The Morgan fingerprint density at radius 2 is 2.00 bits per heavy atom. The van der Waals surface area contributed by atoms with Crippen molar-refractivity contribution in [3.8, 4) is 5.75 Å². The van der Waals surface area contributed by atoms with Crippen molar-refractivity contribution in [1.29, 1.82) is 0 Å². The van der Waals surface area contributed by atoms with Gasteiger partial charge in [-0.05, 0) is 24.3 Å². The molecule has 2 aromatic carbocycles. The number of benzene rings is 2. The Labute approximate surface area is 131 Å². The third-order valence-electron chi connectivity index (χ3n) is 3.23. The SMILES string of the molecule is COc1ccc(Br)cc1Nc1c(N)cnc2ccccc12. The van der Waals surface area contributed by atoms with Crippen molar-refractivity contribution in [3.63, 3.8) is 0 Å². The minimum Gasteiger partial charge on any atom is -0.495 e. The summed E-state index contributed by atoms with van der Waals surface area (Å²) in [7, 11) is 1.64. The van der Waals surface area contributed by atoms with Gasteiger partial charge in [-0.15, -0.1) is 0 Å². The van der Waals surface area contributed by atoms with Crippen LogP contribution in [0.15, 0.2) is 53.1 Å². The van der Waals surface area contributed by atoms with Gasteiger partial charge in [0.25, 0.3) is 0 Å². The molecule has 5 heteroatoms. The molecule has 3 N–H and O–H groups in total. The number of nitrogen functional groups attached to an aromatic ring is 1. The molecule has 0 saturated heterocycles. The maximum atomic E-state index is 6.09. The number of nitrogens with two attached hydrogens (primary N) is 1. The molecule has 0 saturated carbocycles. The predicted molar refractivity (Wildman–Crippen MR) is 90.1 cm³/mol. The molecule has 1 aromatic heterocycles. The van der Waals surface area contributed by atoms with Gasteiger partial charge in [0.2, 0.25) is 0 Å². The summed E-state index contributed by atoms with van der Waals surface area (Å²) in [6, 6.07) is 13.6. The molecule has 0 bridgehead atoms. The summed E-state index contributed by atoms with van der Waals surface area (Å²) < 4.78 is 6.35. The summed E-state index contributed by atoms with van der Waals surface area (Å²) in [4.78, 5) is 4.34. The molecule has 0 aliphatic carbocycles. The lowest BCUT2D eigenvalue weighted by Crippen LogP contribution is -2.00. The number of nitrogens with zero attached hydrogens (tertiary/aromatic N) is 1. The van der Waals surface area contributed by atoms with Gasteiger partial charge in [-0.1, -0.05) is 34.1 Å². The number of pyridine rings is 1. The molecule has 0 spiro atoms. The second kappa shape index (κ2) is 5.61. The molecule has 0 aliphatic heterocycles. The average Bonchev–Trinajstić information content (AvgIpc) is 2.50. The Bertz CT molecular complexity index is 805. The third kappa shape index (κ3) is 2.64. The molecule has 21 heavy (non-hydrogen) atoms. The van der Waals surface area contributed by atoms with Crippen LogP contribution in [0.25, 0.3) is 10.9 Å². The molecule has 0 aliphatic rings. The summed E-state index contributed by atoms with van der Waals surface area (Å²) in [5.74, 6) is 0.749. The van der Waals surface area contributed by atoms with Gasteiger partial charge in [0, 0.05) is 9.86 Å². The quantitative estimate of drug-likeness (QED) is 0.742. The van der Waals surface area contributed by atoms with Crippen molar-refractivity contribution in [2.75, 3.05) is 18.2 Å². The predicted octanol–water partition coefficient (Wildman–Crippen LogP) is 4.33. The van der Waals surface area contributed by atoms with Crippen molar-refractivity contribution in [3.05, 3.63) is 53.1 Å². The molecular weight excluding hydrogens is 330 g/mol. The molecule has 0 amide bonds. The first-order chi connectivity index (χ1) is 10.2. The van der Waals surface area contributed by atoms with Gasteiger partial charge in [0.05, 0.1) is 35.9 Å². The highest BCUT2D eigenvalue weighted by Crippen LogP contribution is 2.35. The number of para-hydroxylation sites is 1. The Morgan fingerprint density at radius 3 is 2.81 bits per heavy atom. The summed E-state index contributed by atoms with van der Waals surface area (Å²) >= 11 is 3.47. The fraction of sp³-hybridized carbons (Fsp3) is 0.0625. The fourth-order valence-electron chi connectivity index (χ4n) is 2.21. The Balaban J connectivity index is 2.14. The lowest BCUT2D eigenvalue weighted by atomic mass is 10.1. The van der Waals surface area contributed by atoms with E-state index >= 15 is 0 Å². The van der Waals surface area contributed by atoms with Crippen LogP contribution in [-0.2, 0) is 0 Å². The summed E-state index contributed by atoms with van der Waals surface area (Å²) in [5, 5.41) is 4.33. The van der Waals surface area contributed by atoms with Crippen LogP contribution in [0.5, 0.6) is 5.75 Å². The number of ether oxygens (including phenoxy) is 1. The van der Waals surface area contributed by atoms with Gasteiger partial charge < -0.3 is 15.8 Å². The zero-order chi connectivity index (χ0) is 14.8. The second-order valence-electron chi connectivity index (χ2n) is 4.58. The summed E-state index contributed by atoms with van der Waals surface area (Å²) in [6.07, 6.45) is 1.66. The molecule has 1 heterocycles. The lowest BCUT2D eigenvalue weighted by molar-refractivity contribution is 0.417. The molecule has 3 rings (SSSR count). The number of nitrogens with one attached hydrogen (secondary N) is 1. The number of hydrogen-bond acceptors (Lipinski definition) is 4. The van der Waals surface area contributed by atoms with Crippen LogP contribution in [0.3, 0.4) is 0 Å². The van der Waals surface area contributed by atoms with Crippen LogP contribution < -0.4 is 15.8 Å². The average molecular weight is 344 g/mol. The summed E-state index contributed by atoms with van der Waals surface area (Å²) in [5.41, 5.74) is 9.24. The van der Waals surface area contributed by atoms with Gasteiger partial charge in [0.15, 0.2) is 0 Å². The van der Waals surface area contributed by atoms with Crippen molar-refractivity contribution in [2.24, 2.45) is 0 Å². The molecule has 3 aromatic rings. The van der Waals surface area contributed by atoms with Crippen molar-refractivity contribution < 1.29 is 4.74 Å². The lowest BCUT2D eigenvalue weighted by Gasteiger charge is -2.15. The zero-order valence-electron chi connectivity index (χ0n) is 11.4. The first-order valence-corrected chi connectivity index (χ1v) is 7.22. The molecular formula is C16H14BrN3O. The van der Waals surface area contributed by atoms with Gasteiger partial charge in [-0.25, -0.2) is 0 Å². The Morgan fingerprint density at radius 1 is 1.19 bits per heavy atom. The smallest absolute Gasteiger partial charge is 0.142 e. The van der Waals surface area contributed by atoms with Crippen molar-refractivity contribution in [1.82, 2.24) is 4.98 Å². The van der Waals surface area contributed by atoms with E-state index in [9.17, 15) is 0 Å². The van der Waals surface area contributed by atoms with Crippen LogP contribution >= 0.6 is 15.9 Å². The van der Waals surface area contributed by atoms with E-state index in [4.69, 9.17) is 10.5 Å². The monoisotopic (exact) mass is 343 g/mol. The van der Waals surface area contributed by atoms with Crippen molar-refractivity contribution >= 4 is 43.9 Å². The van der Waals surface area contributed by atoms with Gasteiger partial charge in [-0.3, -0.25) is 4.98 Å². The highest BCUT2D eigenvalue weighted by atomic mass is 79.9. The zero-order valence-corrected chi connectivity index (χ0v) is 13.0. The van der Waals surface area contributed by atoms with Crippen LogP contribution in [0.2, 0.25) is 0 Å². The van der Waals surface area contributed by atoms with Crippen molar-refractivity contribution in [2.45, 2.75) is 0 Å². The largest absolute Gasteiger partial charge is 0.495 e. The number of methoxy groups -OCH3 is 1. The number of hydrogen-bond donors (Lipinski definition) is 2. The number of aromatic nitrogens is 1. The normalized spacial score (nSPS) is 10.6. The Kier molecular flexibility index (Phi) is 3.66. The maximum absolute atomic E-state index is 6.09. The molecule has 4 nitrogen and oxygen atoms in total. The van der Waals surface area contributed by atoms with Crippen LogP contribution in [0.4, 0.5) is 17.1 Å². The molecule has 106 valence electrons. The van der Waals surface area contributed by atoms with E-state index in [1.165, 1.54) is 0 Å². The van der Waals surface area contributed by atoms with Crippen LogP contribution in [0.1, 0.15) is 0 Å². The third-order valence-corrected chi connectivity index (χ3v) is 3.72. The van der Waals surface area contributed by atoms with Crippen LogP contribution in [0, 0.1) is 0 Å². The van der Waals surface area contributed by atoms with E-state index in [-0.39, 0.29) is 0 Å². The van der Waals surface area contributed by atoms with E-state index < -0.39 is 0 Å². The first-order valence-electron chi connectivity index (χ1n) is 6.43. The van der Waals surface area contributed by atoms with E-state index in [0.29, 0.717) is 5.69 Å². The van der Waals surface area contributed by atoms with Crippen LogP contribution in [-0.4, -0.2) is 12.1 Å². The minimum absolute atomic E-state index is 0.593. The number of anilines is 3. The van der Waals surface area contributed by atoms with Gasteiger partial charge in [0.1, 0.15) is 5.75 Å². The highest BCUT2D eigenvalue weighted by Gasteiger charge is 2.10. The number of rotatable bonds is 3.